The largest absolute Gasteiger partial charge is 0.906 e. The van der Waals surface area contributed by atoms with Crippen molar-refractivity contribution in [3.05, 3.63) is 0 Å². The molecular formula is C36H69Al3N4O12. The van der Waals surface area contributed by atoms with Crippen LogP contribution in [0, 0.1) is 0 Å². The van der Waals surface area contributed by atoms with E-state index in [0.29, 0.717) is 19.8 Å². The third kappa shape index (κ3) is 12.3. The van der Waals surface area contributed by atoms with E-state index in [1.807, 2.05) is 0 Å². The Labute approximate surface area is 345 Å². The second-order valence-corrected chi connectivity index (χ2v) is 21.3. The van der Waals surface area contributed by atoms with Crippen molar-refractivity contribution in [3.8, 4) is 0 Å². The first kappa shape index (κ1) is 45.5. The molecule has 16 nitrogen and oxygen atoms in total. The first-order valence-corrected chi connectivity index (χ1v) is 25.1. The predicted octanol–water partition coefficient (Wildman–Crippen LogP) is 2.07. The Kier molecular flexibility index (Phi) is 17.1. The Morgan fingerprint density at radius 1 is 0.418 bits per heavy atom. The summed E-state index contributed by atoms with van der Waals surface area (Å²) in [6, 6.07) is 0.0674. The molecule has 0 saturated carbocycles. The first-order chi connectivity index (χ1) is 26.1. The van der Waals surface area contributed by atoms with Crippen LogP contribution < -0.4 is 0 Å². The van der Waals surface area contributed by atoms with E-state index < -0.39 is 45.4 Å². The lowest BCUT2D eigenvalue weighted by Crippen LogP contribution is -2.61. The average molecular weight is 831 g/mol. The normalized spacial score (nSPS) is 43.4. The van der Waals surface area contributed by atoms with Gasteiger partial charge in [0.15, 0.2) is 0 Å². The molecule has 0 aromatic carbocycles. The van der Waals surface area contributed by atoms with Crippen molar-refractivity contribution in [2.75, 3.05) is 59.1 Å². The maximum Gasteiger partial charge on any atom is 0.906 e. The standard InChI is InChI=1S/C36H69N4O12.3Al/c1-22(19-50-34(31(10)47)37(13-25(4)41)14-26(5)42)40(23(2)20-51-35(32(11)48)38(15-27(6)43)16-28(7)44)24(3)21-52-36(33(12)49)39(17-29(8)45)18-30(9)46;;;/h22-36H,13-21H2,1-12H3;;;/q-9;3*+3. The van der Waals surface area contributed by atoms with E-state index in [2.05, 4.69) is 103 Å². The minimum atomic E-state index is -2.28. The molecule has 9 aliphatic heterocycles. The van der Waals surface area contributed by atoms with E-state index >= 15 is 0 Å². The third-order valence-electron chi connectivity index (χ3n) is 11.3. The van der Waals surface area contributed by atoms with Crippen molar-refractivity contribution < 1.29 is 48.3 Å². The first-order valence-electron chi connectivity index (χ1n) is 20.9. The summed E-state index contributed by atoms with van der Waals surface area (Å²) in [5.41, 5.74) is 0. The fraction of sp³-hybridized carbons (Fsp3) is 1.00. The van der Waals surface area contributed by atoms with Gasteiger partial charge in [-0.15, -0.1) is 0 Å². The third-order valence-corrected chi connectivity index (χ3v) is 17.4. The smallest absolute Gasteiger partial charge is 0.451 e. The number of hydrogen-bond donors (Lipinski definition) is 0. The summed E-state index contributed by atoms with van der Waals surface area (Å²) in [6.07, 6.45) is -1.17. The van der Waals surface area contributed by atoms with Gasteiger partial charge in [-0.25, -0.2) is 0 Å². The summed E-state index contributed by atoms with van der Waals surface area (Å²) in [4.78, 5) is 9.46. The van der Waals surface area contributed by atoms with Crippen molar-refractivity contribution >= 4 is 45.4 Å². The highest BCUT2D eigenvalue weighted by atomic mass is 27.3. The maximum atomic E-state index is 6.88. The quantitative estimate of drug-likeness (QED) is 0.267. The van der Waals surface area contributed by atoms with Crippen molar-refractivity contribution in [2.45, 2.75) is 175 Å². The van der Waals surface area contributed by atoms with Gasteiger partial charge in [0, 0.05) is 94.0 Å². The highest BCUT2D eigenvalue weighted by Crippen LogP contribution is 2.27. The Morgan fingerprint density at radius 3 is 0.855 bits per heavy atom. The molecule has 0 aliphatic carbocycles. The molecular weight excluding hydrogens is 761 g/mol. The van der Waals surface area contributed by atoms with Gasteiger partial charge in [0.2, 0.25) is 0 Å². The van der Waals surface area contributed by atoms with Crippen LogP contribution in [0.4, 0.5) is 0 Å². The molecule has 0 N–H and O–H groups in total. The van der Waals surface area contributed by atoms with E-state index in [1.165, 1.54) is 0 Å². The van der Waals surface area contributed by atoms with Crippen LogP contribution in [0.2, 0.25) is 0 Å². The lowest BCUT2D eigenvalue weighted by atomic mass is 10.1. The lowest BCUT2D eigenvalue weighted by molar-refractivity contribution is -0.192. The number of rotatable bonds is 12. The second-order valence-electron chi connectivity index (χ2n) is 17.1. The van der Waals surface area contributed by atoms with Crippen LogP contribution in [-0.2, 0) is 48.3 Å². The number of hydrogen-bond acceptors (Lipinski definition) is 16. The summed E-state index contributed by atoms with van der Waals surface area (Å²) >= 11 is -6.85. The van der Waals surface area contributed by atoms with Crippen LogP contribution in [0.3, 0.4) is 0 Å². The molecule has 9 rings (SSSR count). The van der Waals surface area contributed by atoms with Crippen LogP contribution >= 0.6 is 0 Å². The van der Waals surface area contributed by atoms with Crippen LogP contribution in [0.25, 0.3) is 0 Å². The molecule has 6 bridgehead atoms. The monoisotopic (exact) mass is 830 g/mol. The summed E-state index contributed by atoms with van der Waals surface area (Å²) in [7, 11) is 0. The van der Waals surface area contributed by atoms with Gasteiger partial charge in [-0.2, -0.15) is 0 Å². The molecule has 0 aromatic rings. The highest BCUT2D eigenvalue weighted by Gasteiger charge is 2.49. The minimum absolute atomic E-state index is 0.00856. The van der Waals surface area contributed by atoms with E-state index in [9.17, 15) is 0 Å². The van der Waals surface area contributed by atoms with Crippen LogP contribution in [0.1, 0.15) is 83.1 Å². The SMILES string of the molecule is CC1CN2CC(C)[O][Al]([O]1)[O]C(C)C2OCC(C)N(C(C)COC1C(C)[O][Al]2[O]C(C)CN1CC(C)[O]2)C(C)COC1C(C)[O][Al]2[O]C(C)CN1CC(C)[O]2. The Morgan fingerprint density at radius 2 is 0.636 bits per heavy atom. The fourth-order valence-corrected chi connectivity index (χ4v) is 14.0. The molecule has 9 saturated heterocycles. The molecule has 9 aliphatic rings. The van der Waals surface area contributed by atoms with Gasteiger partial charge in [0.05, 0.1) is 38.1 Å². The zero-order valence-corrected chi connectivity index (χ0v) is 38.9. The number of nitrogens with zero attached hydrogens (tertiary/aromatic N) is 4. The molecule has 0 spiro atoms. The molecule has 314 valence electrons. The van der Waals surface area contributed by atoms with Crippen LogP contribution in [0.15, 0.2) is 0 Å². The highest BCUT2D eigenvalue weighted by molar-refractivity contribution is 6.37. The van der Waals surface area contributed by atoms with Crippen molar-refractivity contribution in [1.82, 2.24) is 19.6 Å². The number of fused-ring (bicyclic) bond motifs is 18. The summed E-state index contributed by atoms with van der Waals surface area (Å²) < 4.78 is 76.8. The second kappa shape index (κ2) is 20.7. The Balaban J connectivity index is 1.18. The van der Waals surface area contributed by atoms with E-state index in [0.717, 1.165) is 39.3 Å². The molecule has 0 amide bonds. The van der Waals surface area contributed by atoms with Gasteiger partial charge in [-0.05, 0) is 83.1 Å². The van der Waals surface area contributed by atoms with Gasteiger partial charge in [0.1, 0.15) is 18.7 Å². The van der Waals surface area contributed by atoms with Crippen molar-refractivity contribution in [1.29, 1.82) is 0 Å². The molecule has 15 atom stereocenters. The van der Waals surface area contributed by atoms with Crippen LogP contribution in [-0.4, -0.2) is 216 Å². The van der Waals surface area contributed by atoms with Crippen molar-refractivity contribution in [2.24, 2.45) is 0 Å². The van der Waals surface area contributed by atoms with Gasteiger partial charge in [0.25, 0.3) is 0 Å². The van der Waals surface area contributed by atoms with Crippen molar-refractivity contribution in [3.63, 3.8) is 0 Å². The zero-order valence-electron chi connectivity index (χ0n) is 35.4. The number of ether oxygens (including phenoxy) is 3. The molecule has 15 unspecified atom stereocenters. The molecule has 9 fully saturated rings. The summed E-state index contributed by atoms with van der Waals surface area (Å²) in [5, 5.41) is 0. The minimum Gasteiger partial charge on any atom is -0.451 e. The van der Waals surface area contributed by atoms with Crippen LogP contribution in [0.5, 0.6) is 0 Å². The maximum absolute atomic E-state index is 6.88. The topological polar surface area (TPSA) is 124 Å². The van der Waals surface area contributed by atoms with E-state index in [4.69, 9.17) is 48.3 Å². The summed E-state index contributed by atoms with van der Waals surface area (Å²) in [6.45, 7) is 31.6. The summed E-state index contributed by atoms with van der Waals surface area (Å²) in [5.74, 6) is 0. The van der Waals surface area contributed by atoms with E-state index in [-0.39, 0.29) is 91.7 Å². The van der Waals surface area contributed by atoms with Gasteiger partial charge in [-0.3, -0.25) is 19.6 Å². The van der Waals surface area contributed by atoms with E-state index in [1.54, 1.807) is 0 Å². The molecule has 55 heavy (non-hydrogen) atoms. The molecule has 0 aromatic heterocycles. The Bertz CT molecular complexity index is 1020. The molecule has 0 radical (unpaired) electrons. The predicted molar refractivity (Wildman–Crippen MR) is 206 cm³/mol. The average Bonchev–Trinajstić information content (AvgIpc) is 3.04. The fourth-order valence-electron chi connectivity index (χ4n) is 9.13. The lowest BCUT2D eigenvalue weighted by Gasteiger charge is -2.47. The van der Waals surface area contributed by atoms with Gasteiger partial charge in [-0.1, -0.05) is 0 Å². The molecule has 9 heterocycles. The zero-order chi connectivity index (χ0) is 39.6. The Hall–Kier alpha value is 0.957. The molecule has 19 heteroatoms. The van der Waals surface area contributed by atoms with Gasteiger partial charge >= 0.3 is 45.4 Å². The van der Waals surface area contributed by atoms with Gasteiger partial charge < -0.3 is 48.3 Å².